The van der Waals surface area contributed by atoms with Gasteiger partial charge in [0.25, 0.3) is 0 Å². The Kier molecular flexibility index (Phi) is 6.03. The van der Waals surface area contributed by atoms with Gasteiger partial charge in [-0.3, -0.25) is 24.8 Å². The van der Waals surface area contributed by atoms with Crippen molar-refractivity contribution in [3.63, 3.8) is 0 Å². The SMILES string of the molecule is C[N+](C)(C)CCN=CC1C(=O)NC(=O)N(CCc2ccccc2)C1=O. The Balaban J connectivity index is 1.99. The van der Waals surface area contributed by atoms with Gasteiger partial charge in [0.2, 0.25) is 11.8 Å². The van der Waals surface area contributed by atoms with Crippen molar-refractivity contribution >= 4 is 24.1 Å². The molecule has 7 heteroatoms. The minimum absolute atomic E-state index is 0.227. The van der Waals surface area contributed by atoms with E-state index in [9.17, 15) is 14.4 Å². The first-order valence-electron chi connectivity index (χ1n) is 8.28. The average molecular weight is 345 g/mol. The monoisotopic (exact) mass is 345 g/mol. The Morgan fingerprint density at radius 3 is 2.48 bits per heavy atom. The molecule has 0 saturated carbocycles. The summed E-state index contributed by atoms with van der Waals surface area (Å²) in [6.07, 6.45) is 1.90. The summed E-state index contributed by atoms with van der Waals surface area (Å²) in [5, 5.41) is 2.24. The number of imide groups is 2. The maximum Gasteiger partial charge on any atom is 0.330 e. The highest BCUT2D eigenvalue weighted by Gasteiger charge is 2.39. The molecule has 0 aliphatic carbocycles. The zero-order chi connectivity index (χ0) is 18.4. The Morgan fingerprint density at radius 1 is 1.16 bits per heavy atom. The number of rotatable bonds is 7. The van der Waals surface area contributed by atoms with Gasteiger partial charge in [0.1, 0.15) is 0 Å². The van der Waals surface area contributed by atoms with E-state index in [2.05, 4.69) is 10.3 Å². The summed E-state index contributed by atoms with van der Waals surface area (Å²) < 4.78 is 0.740. The Morgan fingerprint density at radius 2 is 1.84 bits per heavy atom. The predicted molar refractivity (Wildman–Crippen MR) is 95.1 cm³/mol. The van der Waals surface area contributed by atoms with Crippen LogP contribution in [-0.4, -0.2) is 74.2 Å². The maximum absolute atomic E-state index is 12.5. The number of amides is 4. The molecule has 0 radical (unpaired) electrons. The molecule has 1 saturated heterocycles. The van der Waals surface area contributed by atoms with Crippen molar-refractivity contribution in [3.8, 4) is 0 Å². The normalized spacial score (nSPS) is 18.8. The second-order valence-electron chi connectivity index (χ2n) is 7.07. The number of nitrogens with one attached hydrogen (secondary N) is 1. The third-order valence-corrected chi connectivity index (χ3v) is 3.91. The number of urea groups is 1. The van der Waals surface area contributed by atoms with Crippen molar-refractivity contribution in [3.05, 3.63) is 35.9 Å². The summed E-state index contributed by atoms with van der Waals surface area (Å²) in [6.45, 7) is 1.53. The molecule has 1 aliphatic rings. The fourth-order valence-electron chi connectivity index (χ4n) is 2.40. The number of quaternary nitrogens is 1. The molecule has 1 unspecified atom stereocenters. The van der Waals surface area contributed by atoms with Crippen molar-refractivity contribution in [1.82, 2.24) is 10.2 Å². The zero-order valence-corrected chi connectivity index (χ0v) is 14.9. The van der Waals surface area contributed by atoms with E-state index in [4.69, 9.17) is 0 Å². The second kappa shape index (κ2) is 8.02. The maximum atomic E-state index is 12.5. The number of benzene rings is 1. The summed E-state index contributed by atoms with van der Waals surface area (Å²) in [4.78, 5) is 41.7. The van der Waals surface area contributed by atoms with E-state index in [0.717, 1.165) is 21.5 Å². The fraction of sp³-hybridized carbons (Fsp3) is 0.444. The molecule has 1 fully saturated rings. The molecule has 0 spiro atoms. The largest absolute Gasteiger partial charge is 0.330 e. The highest BCUT2D eigenvalue weighted by Crippen LogP contribution is 2.11. The fourth-order valence-corrected chi connectivity index (χ4v) is 2.40. The topological polar surface area (TPSA) is 78.8 Å². The highest BCUT2D eigenvalue weighted by molar-refractivity contribution is 6.23. The zero-order valence-electron chi connectivity index (χ0n) is 14.9. The van der Waals surface area contributed by atoms with E-state index in [1.807, 2.05) is 51.5 Å². The lowest BCUT2D eigenvalue weighted by Gasteiger charge is -2.28. The number of aliphatic imine (C=N–C) groups is 1. The van der Waals surface area contributed by atoms with E-state index in [-0.39, 0.29) is 6.54 Å². The number of nitrogens with zero attached hydrogens (tertiary/aromatic N) is 3. The van der Waals surface area contributed by atoms with E-state index in [1.54, 1.807) is 0 Å². The Bertz CT molecular complexity index is 665. The van der Waals surface area contributed by atoms with Crippen LogP contribution >= 0.6 is 0 Å². The molecule has 1 aromatic carbocycles. The van der Waals surface area contributed by atoms with Crippen molar-refractivity contribution in [2.45, 2.75) is 6.42 Å². The summed E-state index contributed by atoms with van der Waals surface area (Å²) in [5.74, 6) is -2.17. The van der Waals surface area contributed by atoms with Crippen molar-refractivity contribution in [1.29, 1.82) is 0 Å². The first-order chi connectivity index (χ1) is 11.8. The quantitative estimate of drug-likeness (QED) is 0.449. The van der Waals surface area contributed by atoms with Crippen molar-refractivity contribution in [2.75, 3.05) is 40.8 Å². The third-order valence-electron chi connectivity index (χ3n) is 3.91. The van der Waals surface area contributed by atoms with Crippen molar-refractivity contribution in [2.24, 2.45) is 10.9 Å². The molecule has 2 rings (SSSR count). The van der Waals surface area contributed by atoms with Crippen LogP contribution in [0.15, 0.2) is 35.3 Å². The van der Waals surface area contributed by atoms with Crippen LogP contribution in [0.3, 0.4) is 0 Å². The second-order valence-corrected chi connectivity index (χ2v) is 7.07. The van der Waals surface area contributed by atoms with Gasteiger partial charge in [-0.25, -0.2) is 4.79 Å². The Hall–Kier alpha value is -2.54. The van der Waals surface area contributed by atoms with E-state index in [0.29, 0.717) is 13.0 Å². The number of hydrogen-bond acceptors (Lipinski definition) is 4. The first-order valence-corrected chi connectivity index (χ1v) is 8.28. The van der Waals surface area contributed by atoms with Gasteiger partial charge in [0.05, 0.1) is 34.2 Å². The molecule has 1 heterocycles. The molecule has 7 nitrogen and oxygen atoms in total. The minimum atomic E-state index is -1.04. The molecular formula is C18H25N4O3+. The smallest absolute Gasteiger partial charge is 0.329 e. The standard InChI is InChI=1S/C18H24N4O3/c1-22(2,3)12-10-19-13-15-16(23)20-18(25)21(17(15)24)11-9-14-7-5-4-6-8-14/h4-8,13,15H,9-12H2,1-3H3/p+1. The minimum Gasteiger partial charge on any atom is -0.329 e. The lowest BCUT2D eigenvalue weighted by Crippen LogP contribution is -2.58. The van der Waals surface area contributed by atoms with Gasteiger partial charge in [0.15, 0.2) is 5.92 Å². The van der Waals surface area contributed by atoms with Crippen LogP contribution in [0.1, 0.15) is 5.56 Å². The van der Waals surface area contributed by atoms with Gasteiger partial charge in [-0.2, -0.15) is 0 Å². The molecule has 1 N–H and O–H groups in total. The third kappa shape index (κ3) is 5.49. The predicted octanol–water partition coefficient (Wildman–Crippen LogP) is 0.701. The van der Waals surface area contributed by atoms with Gasteiger partial charge < -0.3 is 4.48 Å². The molecular weight excluding hydrogens is 320 g/mol. The number of barbiturate groups is 1. The number of hydrogen-bond donors (Lipinski definition) is 1. The molecule has 1 atom stereocenters. The molecule has 4 amide bonds. The van der Waals surface area contributed by atoms with Gasteiger partial charge >= 0.3 is 6.03 Å². The lowest BCUT2D eigenvalue weighted by molar-refractivity contribution is -0.868. The molecule has 1 aliphatic heterocycles. The summed E-state index contributed by atoms with van der Waals surface area (Å²) in [5.41, 5.74) is 1.02. The highest BCUT2D eigenvalue weighted by atomic mass is 16.2. The van der Waals surface area contributed by atoms with E-state index in [1.165, 1.54) is 6.21 Å². The molecule has 0 bridgehead atoms. The molecule has 134 valence electrons. The number of carbonyl (C=O) groups is 3. The average Bonchev–Trinajstić information content (AvgIpc) is 2.53. The van der Waals surface area contributed by atoms with Crippen LogP contribution in [0.2, 0.25) is 0 Å². The summed E-state index contributed by atoms with van der Waals surface area (Å²) >= 11 is 0. The van der Waals surface area contributed by atoms with Gasteiger partial charge in [-0.15, -0.1) is 0 Å². The van der Waals surface area contributed by atoms with Crippen LogP contribution in [0.25, 0.3) is 0 Å². The van der Waals surface area contributed by atoms with Gasteiger partial charge in [-0.1, -0.05) is 30.3 Å². The lowest BCUT2D eigenvalue weighted by atomic mass is 10.1. The van der Waals surface area contributed by atoms with Crippen LogP contribution < -0.4 is 5.32 Å². The van der Waals surface area contributed by atoms with Crippen LogP contribution in [0.5, 0.6) is 0 Å². The van der Waals surface area contributed by atoms with E-state index >= 15 is 0 Å². The number of carbonyl (C=O) groups excluding carboxylic acids is 3. The van der Waals surface area contributed by atoms with Crippen LogP contribution in [0, 0.1) is 5.92 Å². The van der Waals surface area contributed by atoms with Crippen molar-refractivity contribution < 1.29 is 18.9 Å². The molecule has 0 aromatic heterocycles. The summed E-state index contributed by atoms with van der Waals surface area (Å²) in [7, 11) is 6.12. The van der Waals surface area contributed by atoms with Gasteiger partial charge in [0, 0.05) is 12.8 Å². The van der Waals surface area contributed by atoms with Gasteiger partial charge in [-0.05, 0) is 12.0 Å². The number of likely N-dealkylation sites (N-methyl/N-ethyl adjacent to an activating group) is 1. The Labute approximate surface area is 147 Å². The molecule has 1 aromatic rings. The van der Waals surface area contributed by atoms with Crippen LogP contribution in [0.4, 0.5) is 4.79 Å². The van der Waals surface area contributed by atoms with E-state index < -0.39 is 23.8 Å². The molecule has 25 heavy (non-hydrogen) atoms. The summed E-state index contributed by atoms with van der Waals surface area (Å²) in [6, 6.07) is 8.91. The first kappa shape index (κ1) is 18.8. The van der Waals surface area contributed by atoms with Crippen LogP contribution in [-0.2, 0) is 16.0 Å².